The van der Waals surface area contributed by atoms with Gasteiger partial charge in [0.15, 0.2) is 6.10 Å². The Hall–Kier alpha value is -2.57. The summed E-state index contributed by atoms with van der Waals surface area (Å²) in [6, 6.07) is 11.3. The van der Waals surface area contributed by atoms with E-state index >= 15 is 0 Å². The summed E-state index contributed by atoms with van der Waals surface area (Å²) in [5.74, 6) is 0.577. The maximum atomic E-state index is 12.8. The van der Waals surface area contributed by atoms with Crippen molar-refractivity contribution in [3.63, 3.8) is 0 Å². The highest BCUT2D eigenvalue weighted by molar-refractivity contribution is 6.30. The number of para-hydroxylation sites is 1. The van der Waals surface area contributed by atoms with Gasteiger partial charge in [-0.05, 0) is 62.6 Å². The molecule has 1 fully saturated rings. The molecular formula is C24H30ClN3O3. The number of anilines is 1. The molecule has 1 heterocycles. The Bertz CT molecular complexity index is 935. The fraction of sp³-hybridized carbons (Fsp3) is 0.417. The van der Waals surface area contributed by atoms with E-state index in [1.165, 1.54) is 0 Å². The first kappa shape index (κ1) is 23.1. The molecule has 2 amide bonds. The monoisotopic (exact) mass is 443 g/mol. The zero-order valence-electron chi connectivity index (χ0n) is 18.6. The number of hydrogen-bond donors (Lipinski definition) is 1. The maximum absolute atomic E-state index is 12.8. The van der Waals surface area contributed by atoms with E-state index in [-0.39, 0.29) is 11.8 Å². The topological polar surface area (TPSA) is 61.9 Å². The van der Waals surface area contributed by atoms with E-state index in [0.29, 0.717) is 43.5 Å². The lowest BCUT2D eigenvalue weighted by atomic mass is 10.1. The van der Waals surface area contributed by atoms with E-state index in [0.717, 1.165) is 22.4 Å². The minimum Gasteiger partial charge on any atom is -0.481 e. The summed E-state index contributed by atoms with van der Waals surface area (Å²) in [5, 5.41) is 3.66. The van der Waals surface area contributed by atoms with Crippen molar-refractivity contribution in [2.45, 2.75) is 33.8 Å². The summed E-state index contributed by atoms with van der Waals surface area (Å²) in [5.41, 5.74) is 3.87. The molecule has 2 aromatic carbocycles. The Morgan fingerprint density at radius 3 is 2.29 bits per heavy atom. The Labute approximate surface area is 189 Å². The van der Waals surface area contributed by atoms with E-state index in [4.69, 9.17) is 16.3 Å². The number of halogens is 1. The van der Waals surface area contributed by atoms with E-state index in [9.17, 15) is 9.59 Å². The molecule has 1 aliphatic heterocycles. The van der Waals surface area contributed by atoms with Gasteiger partial charge < -0.3 is 15.0 Å². The summed E-state index contributed by atoms with van der Waals surface area (Å²) < 4.78 is 5.87. The summed E-state index contributed by atoms with van der Waals surface area (Å²) in [4.78, 5) is 29.2. The van der Waals surface area contributed by atoms with Crippen LogP contribution in [0.1, 0.15) is 23.6 Å². The van der Waals surface area contributed by atoms with E-state index < -0.39 is 6.10 Å². The predicted octanol–water partition coefficient (Wildman–Crippen LogP) is 3.82. The van der Waals surface area contributed by atoms with Crippen molar-refractivity contribution in [3.05, 3.63) is 58.1 Å². The fourth-order valence-electron chi connectivity index (χ4n) is 3.76. The fourth-order valence-corrected chi connectivity index (χ4v) is 3.99. The molecule has 0 bridgehead atoms. The largest absolute Gasteiger partial charge is 0.481 e. The van der Waals surface area contributed by atoms with Crippen LogP contribution in [0.4, 0.5) is 5.69 Å². The molecule has 6 nitrogen and oxygen atoms in total. The van der Waals surface area contributed by atoms with Crippen LogP contribution in [0.3, 0.4) is 0 Å². The average molecular weight is 444 g/mol. The SMILES string of the molecule is Cc1cc(Cl)ccc1O[C@@H](C)C(=O)N1CCN(CC(=O)Nc2c(C)cccc2C)CC1. The lowest BCUT2D eigenvalue weighted by molar-refractivity contribution is -0.139. The van der Waals surface area contributed by atoms with Crippen molar-refractivity contribution in [1.82, 2.24) is 9.80 Å². The highest BCUT2D eigenvalue weighted by Gasteiger charge is 2.27. The molecule has 0 radical (unpaired) electrons. The van der Waals surface area contributed by atoms with Gasteiger partial charge in [-0.25, -0.2) is 0 Å². The van der Waals surface area contributed by atoms with Gasteiger partial charge in [0, 0.05) is 36.9 Å². The number of nitrogens with one attached hydrogen (secondary N) is 1. The van der Waals surface area contributed by atoms with Gasteiger partial charge in [0.05, 0.1) is 6.54 Å². The quantitative estimate of drug-likeness (QED) is 0.737. The average Bonchev–Trinajstić information content (AvgIpc) is 2.73. The van der Waals surface area contributed by atoms with Gasteiger partial charge in [0.1, 0.15) is 5.75 Å². The molecule has 3 rings (SSSR count). The van der Waals surface area contributed by atoms with Crippen LogP contribution in [-0.2, 0) is 9.59 Å². The molecule has 2 aromatic rings. The number of hydrogen-bond acceptors (Lipinski definition) is 4. The van der Waals surface area contributed by atoms with Crippen molar-refractivity contribution >= 4 is 29.1 Å². The number of aryl methyl sites for hydroxylation is 3. The molecule has 1 saturated heterocycles. The lowest BCUT2D eigenvalue weighted by Gasteiger charge is -2.35. The second-order valence-electron chi connectivity index (χ2n) is 8.09. The minimum atomic E-state index is -0.584. The van der Waals surface area contributed by atoms with Gasteiger partial charge in [-0.15, -0.1) is 0 Å². The molecule has 31 heavy (non-hydrogen) atoms. The van der Waals surface area contributed by atoms with E-state index in [1.807, 2.05) is 45.0 Å². The number of carbonyl (C=O) groups is 2. The van der Waals surface area contributed by atoms with Crippen LogP contribution in [0, 0.1) is 20.8 Å². The predicted molar refractivity (Wildman–Crippen MR) is 124 cm³/mol. The summed E-state index contributed by atoms with van der Waals surface area (Å²) in [7, 11) is 0. The summed E-state index contributed by atoms with van der Waals surface area (Å²) in [6.07, 6.45) is -0.584. The lowest BCUT2D eigenvalue weighted by Crippen LogP contribution is -2.53. The molecule has 0 unspecified atom stereocenters. The molecule has 0 aromatic heterocycles. The van der Waals surface area contributed by atoms with Gasteiger partial charge in [-0.2, -0.15) is 0 Å². The van der Waals surface area contributed by atoms with Gasteiger partial charge in [-0.3, -0.25) is 14.5 Å². The van der Waals surface area contributed by atoms with Crippen molar-refractivity contribution in [1.29, 1.82) is 0 Å². The van der Waals surface area contributed by atoms with Crippen molar-refractivity contribution < 1.29 is 14.3 Å². The molecule has 7 heteroatoms. The van der Waals surface area contributed by atoms with Crippen LogP contribution in [-0.4, -0.2) is 60.4 Å². The second-order valence-corrected chi connectivity index (χ2v) is 8.52. The smallest absolute Gasteiger partial charge is 0.263 e. The Kier molecular flexibility index (Phi) is 7.57. The number of ether oxygens (including phenoxy) is 1. The van der Waals surface area contributed by atoms with Gasteiger partial charge >= 0.3 is 0 Å². The third-order valence-electron chi connectivity index (χ3n) is 5.59. The summed E-state index contributed by atoms with van der Waals surface area (Å²) >= 11 is 5.98. The van der Waals surface area contributed by atoms with Crippen molar-refractivity contribution in [2.24, 2.45) is 0 Å². The van der Waals surface area contributed by atoms with Crippen LogP contribution < -0.4 is 10.1 Å². The number of amides is 2. The molecule has 166 valence electrons. The number of rotatable bonds is 6. The molecule has 0 aliphatic carbocycles. The zero-order valence-corrected chi connectivity index (χ0v) is 19.3. The van der Waals surface area contributed by atoms with Crippen LogP contribution in [0.2, 0.25) is 5.02 Å². The van der Waals surface area contributed by atoms with Gasteiger partial charge in [-0.1, -0.05) is 29.8 Å². The Balaban J connectivity index is 1.48. The first-order chi connectivity index (χ1) is 14.7. The standard InChI is InChI=1S/C24H30ClN3O3/c1-16-6-5-7-17(2)23(16)26-22(29)15-27-10-12-28(13-11-27)24(30)19(4)31-21-9-8-20(25)14-18(21)3/h5-9,14,19H,10-13,15H2,1-4H3,(H,26,29)/t19-/m0/s1. The molecule has 0 saturated carbocycles. The van der Waals surface area contributed by atoms with E-state index in [2.05, 4.69) is 10.2 Å². The van der Waals surface area contributed by atoms with Crippen LogP contribution in [0.25, 0.3) is 0 Å². The first-order valence-corrected chi connectivity index (χ1v) is 10.9. The van der Waals surface area contributed by atoms with Gasteiger partial charge in [0.25, 0.3) is 5.91 Å². The number of benzene rings is 2. The molecule has 1 atom stereocenters. The Morgan fingerprint density at radius 1 is 1.03 bits per heavy atom. The third-order valence-corrected chi connectivity index (χ3v) is 5.82. The third kappa shape index (κ3) is 5.99. The second kappa shape index (κ2) is 10.2. The van der Waals surface area contributed by atoms with Crippen molar-refractivity contribution in [2.75, 3.05) is 38.0 Å². The zero-order chi connectivity index (χ0) is 22.5. The van der Waals surface area contributed by atoms with Crippen LogP contribution in [0.5, 0.6) is 5.75 Å². The normalized spacial score (nSPS) is 15.5. The molecule has 1 N–H and O–H groups in total. The molecule has 0 spiro atoms. The number of carbonyl (C=O) groups excluding carboxylic acids is 2. The minimum absolute atomic E-state index is 0.0351. The highest BCUT2D eigenvalue weighted by atomic mass is 35.5. The number of piperazine rings is 1. The van der Waals surface area contributed by atoms with Crippen molar-refractivity contribution in [3.8, 4) is 5.75 Å². The maximum Gasteiger partial charge on any atom is 0.263 e. The molecule has 1 aliphatic rings. The summed E-state index contributed by atoms with van der Waals surface area (Å²) in [6.45, 7) is 10.4. The van der Waals surface area contributed by atoms with Crippen LogP contribution in [0.15, 0.2) is 36.4 Å². The van der Waals surface area contributed by atoms with Crippen LogP contribution >= 0.6 is 11.6 Å². The highest BCUT2D eigenvalue weighted by Crippen LogP contribution is 2.23. The Morgan fingerprint density at radius 2 is 1.68 bits per heavy atom. The number of nitrogens with zero attached hydrogens (tertiary/aromatic N) is 2. The first-order valence-electron chi connectivity index (χ1n) is 10.5. The molecular weight excluding hydrogens is 414 g/mol. The van der Waals surface area contributed by atoms with E-state index in [1.54, 1.807) is 24.0 Å². The van der Waals surface area contributed by atoms with Gasteiger partial charge in [0.2, 0.25) is 5.91 Å².